The molecule has 0 unspecified atom stereocenters. The van der Waals surface area contributed by atoms with Crippen molar-refractivity contribution in [2.45, 2.75) is 5.75 Å². The van der Waals surface area contributed by atoms with Crippen LogP contribution in [0.15, 0.2) is 42.5 Å². The van der Waals surface area contributed by atoms with Crippen molar-refractivity contribution < 1.29 is 23.9 Å². The van der Waals surface area contributed by atoms with Gasteiger partial charge in [0.25, 0.3) is 0 Å². The maximum atomic E-state index is 12.1. The quantitative estimate of drug-likeness (QED) is 0.346. The van der Waals surface area contributed by atoms with Crippen molar-refractivity contribution in [3.63, 3.8) is 0 Å². The van der Waals surface area contributed by atoms with E-state index in [1.54, 1.807) is 43.5 Å². The summed E-state index contributed by atoms with van der Waals surface area (Å²) in [5.74, 6) is 1.47. The van der Waals surface area contributed by atoms with Gasteiger partial charge < -0.3 is 19.5 Å². The molecule has 150 valence electrons. The fraction of sp³-hybridized carbons (Fsp3) is 0.316. The molecule has 0 radical (unpaired) electrons. The minimum atomic E-state index is -0.484. The molecular formula is C19H22N2O6S. The van der Waals surface area contributed by atoms with Crippen molar-refractivity contribution in [1.82, 2.24) is 0 Å². The number of benzene rings is 2. The highest BCUT2D eigenvalue weighted by Crippen LogP contribution is 2.29. The lowest BCUT2D eigenvalue weighted by Crippen LogP contribution is -2.14. The number of anilines is 1. The minimum absolute atomic E-state index is 0.0853. The van der Waals surface area contributed by atoms with Crippen molar-refractivity contribution in [1.29, 1.82) is 0 Å². The van der Waals surface area contributed by atoms with Gasteiger partial charge >= 0.3 is 5.69 Å². The van der Waals surface area contributed by atoms with E-state index in [2.05, 4.69) is 5.32 Å². The second-order valence-electron chi connectivity index (χ2n) is 5.67. The summed E-state index contributed by atoms with van der Waals surface area (Å²) in [4.78, 5) is 22.6. The number of amides is 1. The maximum absolute atomic E-state index is 12.1. The van der Waals surface area contributed by atoms with Crippen LogP contribution in [0.2, 0.25) is 0 Å². The smallest absolute Gasteiger partial charge is 0.311 e. The molecule has 1 N–H and O–H groups in total. The minimum Gasteiger partial charge on any atom is -0.491 e. The Morgan fingerprint density at radius 3 is 2.54 bits per heavy atom. The van der Waals surface area contributed by atoms with Gasteiger partial charge in [-0.25, -0.2) is 0 Å². The summed E-state index contributed by atoms with van der Waals surface area (Å²) >= 11 is 1.37. The standard InChI is InChI=1S/C19H22N2O6S/c1-25-9-10-27-16-6-4-15(5-7-16)20-19(22)13-28-12-14-3-8-18(26-2)17(11-14)21(23)24/h3-8,11H,9-10,12-13H2,1-2H3,(H,20,22). The molecule has 28 heavy (non-hydrogen) atoms. The molecule has 2 aromatic carbocycles. The van der Waals surface area contributed by atoms with E-state index in [9.17, 15) is 14.9 Å². The molecule has 0 bridgehead atoms. The van der Waals surface area contributed by atoms with Gasteiger partial charge in [0.15, 0.2) is 5.75 Å². The molecule has 0 aliphatic carbocycles. The molecule has 0 aliphatic rings. The average molecular weight is 406 g/mol. The van der Waals surface area contributed by atoms with Crippen LogP contribution in [-0.4, -0.2) is 44.0 Å². The molecule has 0 aromatic heterocycles. The fourth-order valence-corrected chi connectivity index (χ4v) is 3.08. The van der Waals surface area contributed by atoms with Gasteiger partial charge in [0.05, 0.1) is 24.4 Å². The van der Waals surface area contributed by atoms with Crippen molar-refractivity contribution >= 4 is 29.0 Å². The number of methoxy groups -OCH3 is 2. The summed E-state index contributed by atoms with van der Waals surface area (Å²) in [5, 5.41) is 13.9. The number of carbonyl (C=O) groups excluding carboxylic acids is 1. The normalized spacial score (nSPS) is 10.4. The highest BCUT2D eigenvalue weighted by Gasteiger charge is 2.15. The number of carbonyl (C=O) groups is 1. The zero-order valence-electron chi connectivity index (χ0n) is 15.7. The first kappa shape index (κ1) is 21.5. The van der Waals surface area contributed by atoms with Crippen LogP contribution < -0.4 is 14.8 Å². The van der Waals surface area contributed by atoms with E-state index in [-0.39, 0.29) is 23.1 Å². The Balaban J connectivity index is 1.80. The van der Waals surface area contributed by atoms with E-state index in [0.29, 0.717) is 30.4 Å². The van der Waals surface area contributed by atoms with Crippen LogP contribution >= 0.6 is 11.8 Å². The summed E-state index contributed by atoms with van der Waals surface area (Å²) < 4.78 is 15.4. The van der Waals surface area contributed by atoms with Crippen molar-refractivity contribution in [2.24, 2.45) is 0 Å². The molecule has 8 nitrogen and oxygen atoms in total. The van der Waals surface area contributed by atoms with E-state index in [4.69, 9.17) is 14.2 Å². The first-order valence-corrected chi connectivity index (χ1v) is 9.59. The Morgan fingerprint density at radius 1 is 1.14 bits per heavy atom. The number of rotatable bonds is 11. The summed E-state index contributed by atoms with van der Waals surface area (Å²) in [5.41, 5.74) is 1.34. The van der Waals surface area contributed by atoms with Crippen LogP contribution in [0.25, 0.3) is 0 Å². The van der Waals surface area contributed by atoms with Crippen LogP contribution in [0.4, 0.5) is 11.4 Å². The Bertz CT molecular complexity index is 798. The lowest BCUT2D eigenvalue weighted by Gasteiger charge is -2.08. The molecule has 0 spiro atoms. The number of ether oxygens (including phenoxy) is 3. The van der Waals surface area contributed by atoms with Crippen LogP contribution in [0.5, 0.6) is 11.5 Å². The summed E-state index contributed by atoms with van der Waals surface area (Å²) in [6.45, 7) is 0.968. The molecule has 0 saturated heterocycles. The topological polar surface area (TPSA) is 99.9 Å². The number of hydrogen-bond acceptors (Lipinski definition) is 7. The third kappa shape index (κ3) is 6.75. The van der Waals surface area contributed by atoms with Crippen LogP contribution in [0.3, 0.4) is 0 Å². The summed E-state index contributed by atoms with van der Waals surface area (Å²) in [6, 6.07) is 11.8. The van der Waals surface area contributed by atoms with Crippen molar-refractivity contribution in [3.05, 3.63) is 58.1 Å². The number of nitro groups is 1. The predicted molar refractivity (Wildman–Crippen MR) is 108 cm³/mol. The number of nitro benzene ring substituents is 1. The lowest BCUT2D eigenvalue weighted by molar-refractivity contribution is -0.385. The molecule has 2 rings (SSSR count). The number of nitrogens with one attached hydrogen (secondary N) is 1. The van der Waals surface area contributed by atoms with Crippen LogP contribution in [-0.2, 0) is 15.3 Å². The van der Waals surface area contributed by atoms with Gasteiger partial charge in [-0.3, -0.25) is 14.9 Å². The third-order valence-electron chi connectivity index (χ3n) is 3.64. The average Bonchev–Trinajstić information content (AvgIpc) is 2.69. The third-order valence-corrected chi connectivity index (χ3v) is 4.64. The maximum Gasteiger partial charge on any atom is 0.311 e. The van der Waals surface area contributed by atoms with Gasteiger partial charge in [-0.05, 0) is 35.9 Å². The van der Waals surface area contributed by atoms with Crippen molar-refractivity contribution in [2.75, 3.05) is 38.5 Å². The van der Waals surface area contributed by atoms with E-state index in [0.717, 1.165) is 5.56 Å². The number of hydrogen-bond donors (Lipinski definition) is 1. The van der Waals surface area contributed by atoms with Crippen LogP contribution in [0.1, 0.15) is 5.56 Å². The van der Waals surface area contributed by atoms with Gasteiger partial charge in [-0.15, -0.1) is 11.8 Å². The molecular weight excluding hydrogens is 384 g/mol. The first-order chi connectivity index (χ1) is 13.5. The second-order valence-corrected chi connectivity index (χ2v) is 6.66. The summed E-state index contributed by atoms with van der Waals surface area (Å²) in [7, 11) is 3.00. The predicted octanol–water partition coefficient (Wildman–Crippen LogP) is 3.50. The zero-order valence-corrected chi connectivity index (χ0v) is 16.5. The summed E-state index contributed by atoms with van der Waals surface area (Å²) in [6.07, 6.45) is 0. The van der Waals surface area contributed by atoms with E-state index >= 15 is 0 Å². The molecule has 0 atom stereocenters. The Kier molecular flexibility index (Phi) is 8.57. The number of nitrogens with zero attached hydrogens (tertiary/aromatic N) is 1. The molecule has 0 fully saturated rings. The molecule has 9 heteroatoms. The zero-order chi connectivity index (χ0) is 20.4. The molecule has 0 heterocycles. The monoisotopic (exact) mass is 406 g/mol. The van der Waals surface area contributed by atoms with Gasteiger partial charge in [-0.1, -0.05) is 6.07 Å². The highest BCUT2D eigenvalue weighted by atomic mass is 32.2. The van der Waals surface area contributed by atoms with Crippen molar-refractivity contribution in [3.8, 4) is 11.5 Å². The second kappa shape index (κ2) is 11.2. The van der Waals surface area contributed by atoms with Crippen LogP contribution in [0, 0.1) is 10.1 Å². The number of thioether (sulfide) groups is 1. The van der Waals surface area contributed by atoms with Gasteiger partial charge in [-0.2, -0.15) is 0 Å². The van der Waals surface area contributed by atoms with Gasteiger partial charge in [0.2, 0.25) is 5.91 Å². The molecule has 0 saturated carbocycles. The Labute approximate surface area is 167 Å². The lowest BCUT2D eigenvalue weighted by atomic mass is 10.2. The first-order valence-electron chi connectivity index (χ1n) is 8.44. The van der Waals surface area contributed by atoms with E-state index in [1.165, 1.54) is 24.9 Å². The SMILES string of the molecule is COCCOc1ccc(NC(=O)CSCc2ccc(OC)c([N+](=O)[O-])c2)cc1. The van der Waals surface area contributed by atoms with Gasteiger partial charge in [0, 0.05) is 24.6 Å². The molecule has 1 amide bonds. The Hall–Kier alpha value is -2.78. The van der Waals surface area contributed by atoms with Gasteiger partial charge in [0.1, 0.15) is 12.4 Å². The largest absolute Gasteiger partial charge is 0.491 e. The Morgan fingerprint density at radius 2 is 1.89 bits per heavy atom. The molecule has 2 aromatic rings. The molecule has 0 aliphatic heterocycles. The fourth-order valence-electron chi connectivity index (χ4n) is 2.30. The van der Waals surface area contributed by atoms with E-state index < -0.39 is 4.92 Å². The highest BCUT2D eigenvalue weighted by molar-refractivity contribution is 7.99. The van der Waals surface area contributed by atoms with E-state index in [1.807, 2.05) is 0 Å².